The molecule has 3 N–H and O–H groups in total. The molecule has 2 rings (SSSR count). The number of nitrogens with two attached hydrogens (primary N) is 1. The molecule has 1 amide bonds. The molecule has 1 aromatic heterocycles. The van der Waals surface area contributed by atoms with E-state index in [1.165, 1.54) is 24.4 Å². The molecule has 0 fully saturated rings. The van der Waals surface area contributed by atoms with Gasteiger partial charge in [-0.15, -0.1) is 0 Å². The van der Waals surface area contributed by atoms with Gasteiger partial charge in [0.2, 0.25) is 5.91 Å². The number of amides is 1. The number of aromatic nitrogens is 1. The van der Waals surface area contributed by atoms with Crippen molar-refractivity contribution >= 4 is 22.8 Å². The highest BCUT2D eigenvalue weighted by Crippen LogP contribution is 2.15. The second-order valence-corrected chi connectivity index (χ2v) is 3.30. The fraction of sp³-hybridized carbons (Fsp3) is 0. The number of fused-ring (bicyclic) bond motifs is 1. The lowest BCUT2D eigenvalue weighted by Crippen LogP contribution is -2.10. The number of hydrogen-bond donors (Lipinski definition) is 2. The van der Waals surface area contributed by atoms with E-state index in [-0.39, 0.29) is 5.56 Å². The maximum atomic E-state index is 10.9. The van der Waals surface area contributed by atoms with Crippen LogP contribution in [-0.2, 0) is 0 Å². The van der Waals surface area contributed by atoms with Crippen molar-refractivity contribution in [1.29, 1.82) is 0 Å². The first-order valence-electron chi connectivity index (χ1n) is 4.51. The minimum absolute atomic E-state index is 0.110. The molecule has 1 heterocycles. The zero-order chi connectivity index (χ0) is 11.7. The average Bonchev–Trinajstić information content (AvgIpc) is 2.27. The van der Waals surface area contributed by atoms with E-state index < -0.39 is 11.9 Å². The van der Waals surface area contributed by atoms with E-state index in [1.54, 1.807) is 6.07 Å². The van der Waals surface area contributed by atoms with E-state index in [4.69, 9.17) is 10.8 Å². The Hall–Kier alpha value is -2.43. The Kier molecular flexibility index (Phi) is 2.28. The second kappa shape index (κ2) is 3.62. The number of carboxylic acids is 1. The lowest BCUT2D eigenvalue weighted by molar-refractivity contribution is 0.0696. The Balaban J connectivity index is 2.61. The van der Waals surface area contributed by atoms with Crippen LogP contribution in [0.25, 0.3) is 10.9 Å². The summed E-state index contributed by atoms with van der Waals surface area (Å²) in [6, 6.07) is 6.19. The Morgan fingerprint density at radius 3 is 2.56 bits per heavy atom. The van der Waals surface area contributed by atoms with Crippen LogP contribution in [0, 0.1) is 0 Å². The number of carbonyl (C=O) groups excluding carboxylic acids is 1. The number of aromatic carboxylic acids is 1. The summed E-state index contributed by atoms with van der Waals surface area (Å²) < 4.78 is 0. The highest BCUT2D eigenvalue weighted by atomic mass is 16.4. The lowest BCUT2D eigenvalue weighted by atomic mass is 10.1. The summed E-state index contributed by atoms with van der Waals surface area (Å²) >= 11 is 0. The van der Waals surface area contributed by atoms with Crippen LogP contribution < -0.4 is 5.73 Å². The van der Waals surface area contributed by atoms with Gasteiger partial charge in [0.25, 0.3) is 0 Å². The molecule has 0 saturated carbocycles. The third kappa shape index (κ3) is 1.70. The number of nitrogens with zero attached hydrogens (tertiary/aromatic N) is 1. The van der Waals surface area contributed by atoms with Crippen molar-refractivity contribution in [3.05, 3.63) is 41.6 Å². The van der Waals surface area contributed by atoms with Gasteiger partial charge >= 0.3 is 5.97 Å². The predicted molar refractivity (Wildman–Crippen MR) is 57.2 cm³/mol. The number of benzene rings is 1. The highest BCUT2D eigenvalue weighted by molar-refractivity contribution is 5.98. The van der Waals surface area contributed by atoms with Gasteiger partial charge in [-0.25, -0.2) is 4.79 Å². The minimum atomic E-state index is -1.03. The molecule has 0 saturated heterocycles. The summed E-state index contributed by atoms with van der Waals surface area (Å²) in [6.07, 6.45) is 1.25. The zero-order valence-corrected chi connectivity index (χ0v) is 8.18. The first kappa shape index (κ1) is 10.1. The molecule has 2 aromatic rings. The van der Waals surface area contributed by atoms with Crippen molar-refractivity contribution in [2.24, 2.45) is 5.73 Å². The van der Waals surface area contributed by atoms with Crippen molar-refractivity contribution < 1.29 is 14.7 Å². The van der Waals surface area contributed by atoms with Gasteiger partial charge in [0.1, 0.15) is 0 Å². The van der Waals surface area contributed by atoms with Crippen LogP contribution in [0.15, 0.2) is 30.5 Å². The lowest BCUT2D eigenvalue weighted by Gasteiger charge is -2.00. The van der Waals surface area contributed by atoms with E-state index in [9.17, 15) is 9.59 Å². The third-order valence-corrected chi connectivity index (χ3v) is 2.22. The minimum Gasteiger partial charge on any atom is -0.478 e. The standard InChI is InChI=1S/C11H8N2O3/c12-10(14)7-2-1-6-3-8(11(15)16)5-13-9(6)4-7/h1-5H,(H2,12,14)(H,15,16). The van der Waals surface area contributed by atoms with Gasteiger partial charge in [-0.2, -0.15) is 0 Å². The Bertz CT molecular complexity index is 540. The van der Waals surface area contributed by atoms with Crippen molar-refractivity contribution in [3.63, 3.8) is 0 Å². The molecule has 0 spiro atoms. The smallest absolute Gasteiger partial charge is 0.337 e. The first-order chi connectivity index (χ1) is 7.58. The maximum Gasteiger partial charge on any atom is 0.337 e. The fourth-order valence-corrected chi connectivity index (χ4v) is 1.39. The molecule has 5 heteroatoms. The van der Waals surface area contributed by atoms with Crippen molar-refractivity contribution in [3.8, 4) is 0 Å². The van der Waals surface area contributed by atoms with E-state index >= 15 is 0 Å². The van der Waals surface area contributed by atoms with Gasteiger partial charge in [0.15, 0.2) is 0 Å². The number of carboxylic acid groups (broad SMARTS) is 1. The number of carbonyl (C=O) groups is 2. The molecule has 0 aliphatic rings. The summed E-state index contributed by atoms with van der Waals surface area (Å²) in [5.41, 5.74) is 6.13. The van der Waals surface area contributed by atoms with Crippen LogP contribution in [-0.4, -0.2) is 22.0 Å². The fourth-order valence-electron chi connectivity index (χ4n) is 1.39. The van der Waals surface area contributed by atoms with E-state index in [0.717, 1.165) is 0 Å². The number of rotatable bonds is 2. The van der Waals surface area contributed by atoms with Crippen molar-refractivity contribution in [2.45, 2.75) is 0 Å². The van der Waals surface area contributed by atoms with Crippen LogP contribution >= 0.6 is 0 Å². The molecule has 0 radical (unpaired) electrons. The number of pyridine rings is 1. The van der Waals surface area contributed by atoms with Gasteiger partial charge < -0.3 is 10.8 Å². The molecule has 0 bridgehead atoms. The second-order valence-electron chi connectivity index (χ2n) is 3.30. The maximum absolute atomic E-state index is 10.9. The molecular formula is C11H8N2O3. The summed E-state index contributed by atoms with van der Waals surface area (Å²) in [5, 5.41) is 9.43. The predicted octanol–water partition coefficient (Wildman–Crippen LogP) is 1.03. The molecule has 0 aliphatic heterocycles. The normalized spacial score (nSPS) is 10.2. The average molecular weight is 216 g/mol. The summed E-state index contributed by atoms with van der Waals surface area (Å²) in [7, 11) is 0. The number of hydrogen-bond acceptors (Lipinski definition) is 3. The van der Waals surface area contributed by atoms with Crippen LogP contribution in [0.1, 0.15) is 20.7 Å². The molecule has 16 heavy (non-hydrogen) atoms. The molecular weight excluding hydrogens is 208 g/mol. The van der Waals surface area contributed by atoms with Gasteiger partial charge in [-0.1, -0.05) is 6.07 Å². The van der Waals surface area contributed by atoms with Crippen LogP contribution in [0.4, 0.5) is 0 Å². The molecule has 0 unspecified atom stereocenters. The Morgan fingerprint density at radius 2 is 1.94 bits per heavy atom. The first-order valence-corrected chi connectivity index (χ1v) is 4.51. The topological polar surface area (TPSA) is 93.3 Å². The summed E-state index contributed by atoms with van der Waals surface area (Å²) in [4.78, 5) is 25.6. The molecule has 0 atom stereocenters. The Labute approximate surface area is 90.5 Å². The van der Waals surface area contributed by atoms with Crippen LogP contribution in [0.3, 0.4) is 0 Å². The molecule has 5 nitrogen and oxygen atoms in total. The van der Waals surface area contributed by atoms with Crippen LogP contribution in [0.2, 0.25) is 0 Å². The summed E-state index contributed by atoms with van der Waals surface area (Å²) in [6.45, 7) is 0. The van der Waals surface area contributed by atoms with Gasteiger partial charge in [0, 0.05) is 17.1 Å². The van der Waals surface area contributed by atoms with Gasteiger partial charge in [-0.3, -0.25) is 9.78 Å². The Morgan fingerprint density at radius 1 is 1.19 bits per heavy atom. The highest BCUT2D eigenvalue weighted by Gasteiger charge is 2.06. The quantitative estimate of drug-likeness (QED) is 0.784. The van der Waals surface area contributed by atoms with E-state index in [0.29, 0.717) is 16.5 Å². The monoisotopic (exact) mass is 216 g/mol. The van der Waals surface area contributed by atoms with E-state index in [2.05, 4.69) is 4.98 Å². The number of primary amides is 1. The van der Waals surface area contributed by atoms with Gasteiger partial charge in [-0.05, 0) is 18.2 Å². The van der Waals surface area contributed by atoms with E-state index in [1.807, 2.05) is 0 Å². The summed E-state index contributed by atoms with van der Waals surface area (Å²) in [5.74, 6) is -1.57. The largest absolute Gasteiger partial charge is 0.478 e. The van der Waals surface area contributed by atoms with Crippen molar-refractivity contribution in [2.75, 3.05) is 0 Å². The zero-order valence-electron chi connectivity index (χ0n) is 8.18. The van der Waals surface area contributed by atoms with Crippen LogP contribution in [0.5, 0.6) is 0 Å². The van der Waals surface area contributed by atoms with Crippen molar-refractivity contribution in [1.82, 2.24) is 4.98 Å². The molecule has 1 aromatic carbocycles. The molecule has 0 aliphatic carbocycles. The SMILES string of the molecule is NC(=O)c1ccc2cc(C(=O)O)cnc2c1. The van der Waals surface area contributed by atoms with Gasteiger partial charge in [0.05, 0.1) is 11.1 Å². The third-order valence-electron chi connectivity index (χ3n) is 2.22. The molecule has 80 valence electrons.